The molecule has 0 unspecified atom stereocenters. The molecule has 0 fully saturated rings. The average Bonchev–Trinajstić information content (AvgIpc) is 1.65. The van der Waals surface area contributed by atoms with Crippen LogP contribution in [0, 0.1) is 0 Å². The van der Waals surface area contributed by atoms with Crippen LogP contribution >= 0.6 is 0 Å². The van der Waals surface area contributed by atoms with Gasteiger partial charge in [0.1, 0.15) is 0 Å². The van der Waals surface area contributed by atoms with Crippen LogP contribution in [0.5, 0.6) is 0 Å². The SMILES string of the molecule is CC(C)(C)O[Si](C)(C)C[Si](C)(C)OC(C)(C)C. The minimum Gasteiger partial charge on any atom is -0.413 e. The summed E-state index contributed by atoms with van der Waals surface area (Å²) in [5, 5.41) is 0. The van der Waals surface area contributed by atoms with Crippen LogP contribution in [0.3, 0.4) is 0 Å². The molecular formula is C13H32O2Si2. The Hall–Kier alpha value is 0.354. The van der Waals surface area contributed by atoms with Crippen molar-refractivity contribution in [2.45, 2.75) is 84.6 Å². The van der Waals surface area contributed by atoms with Gasteiger partial charge in [-0.3, -0.25) is 0 Å². The van der Waals surface area contributed by atoms with Crippen molar-refractivity contribution in [2.24, 2.45) is 0 Å². The highest BCUT2D eigenvalue weighted by Crippen LogP contribution is 2.28. The molecule has 0 saturated heterocycles. The lowest BCUT2D eigenvalue weighted by atomic mass is 10.2. The van der Waals surface area contributed by atoms with Crippen LogP contribution in [0.2, 0.25) is 31.9 Å². The van der Waals surface area contributed by atoms with Gasteiger partial charge in [-0.2, -0.15) is 0 Å². The van der Waals surface area contributed by atoms with Gasteiger partial charge in [-0.05, 0) is 73.4 Å². The van der Waals surface area contributed by atoms with E-state index in [9.17, 15) is 0 Å². The predicted octanol–water partition coefficient (Wildman–Crippen LogP) is 4.57. The number of hydrogen-bond acceptors (Lipinski definition) is 2. The first-order chi connectivity index (χ1) is 7.12. The molecule has 0 aromatic heterocycles. The Labute approximate surface area is 110 Å². The Balaban J connectivity index is 4.59. The molecule has 0 aromatic rings. The molecule has 0 saturated carbocycles. The fourth-order valence-corrected chi connectivity index (χ4v) is 14.8. The van der Waals surface area contributed by atoms with E-state index in [1.165, 1.54) is 0 Å². The standard InChI is InChI=1S/C13H32O2Si2/c1-12(2,3)14-16(7,8)11-17(9,10)15-13(4,5)6/h11H2,1-10H3. The highest BCUT2D eigenvalue weighted by atomic mass is 28.4. The lowest BCUT2D eigenvalue weighted by molar-refractivity contribution is 0.112. The summed E-state index contributed by atoms with van der Waals surface area (Å²) >= 11 is 0. The Kier molecular flexibility index (Phi) is 5.26. The minimum absolute atomic E-state index is 0.0397. The zero-order valence-electron chi connectivity index (χ0n) is 13.5. The van der Waals surface area contributed by atoms with Crippen molar-refractivity contribution in [3.63, 3.8) is 0 Å². The number of hydrogen-bond donors (Lipinski definition) is 0. The van der Waals surface area contributed by atoms with Gasteiger partial charge >= 0.3 is 0 Å². The zero-order chi connectivity index (χ0) is 14.1. The highest BCUT2D eigenvalue weighted by molar-refractivity contribution is 6.89. The van der Waals surface area contributed by atoms with Crippen LogP contribution in [0.15, 0.2) is 0 Å². The molecule has 0 heterocycles. The van der Waals surface area contributed by atoms with Crippen molar-refractivity contribution in [2.75, 3.05) is 0 Å². The van der Waals surface area contributed by atoms with Crippen LogP contribution in [0.25, 0.3) is 0 Å². The van der Waals surface area contributed by atoms with Gasteiger partial charge < -0.3 is 8.85 Å². The lowest BCUT2D eigenvalue weighted by Gasteiger charge is -2.39. The summed E-state index contributed by atoms with van der Waals surface area (Å²) in [7, 11) is -3.27. The molecule has 0 amide bonds. The van der Waals surface area contributed by atoms with Crippen molar-refractivity contribution in [1.29, 1.82) is 0 Å². The van der Waals surface area contributed by atoms with Gasteiger partial charge in [0.2, 0.25) is 0 Å². The van der Waals surface area contributed by atoms with E-state index >= 15 is 0 Å². The van der Waals surface area contributed by atoms with E-state index in [4.69, 9.17) is 8.85 Å². The van der Waals surface area contributed by atoms with Crippen LogP contribution in [-0.4, -0.2) is 27.8 Å². The molecule has 0 N–H and O–H groups in total. The fourth-order valence-electron chi connectivity index (χ4n) is 2.76. The van der Waals surface area contributed by atoms with E-state index < -0.39 is 16.6 Å². The van der Waals surface area contributed by atoms with Crippen molar-refractivity contribution in [3.05, 3.63) is 0 Å². The first-order valence-corrected chi connectivity index (χ1v) is 12.8. The van der Waals surface area contributed by atoms with E-state index in [-0.39, 0.29) is 11.2 Å². The molecular weight excluding hydrogens is 244 g/mol. The third-order valence-corrected chi connectivity index (χ3v) is 11.2. The third kappa shape index (κ3) is 10.0. The molecule has 17 heavy (non-hydrogen) atoms. The van der Waals surface area contributed by atoms with Crippen molar-refractivity contribution < 1.29 is 8.85 Å². The van der Waals surface area contributed by atoms with Crippen LogP contribution in [0.1, 0.15) is 41.5 Å². The molecule has 0 spiro atoms. The average molecular weight is 277 g/mol. The molecule has 0 aliphatic carbocycles. The van der Waals surface area contributed by atoms with Gasteiger partial charge in [0.15, 0.2) is 16.6 Å². The first kappa shape index (κ1) is 17.4. The van der Waals surface area contributed by atoms with E-state index in [1.807, 2.05) is 0 Å². The second kappa shape index (κ2) is 5.15. The molecule has 0 atom stereocenters. The van der Waals surface area contributed by atoms with Gasteiger partial charge in [0.05, 0.1) is 0 Å². The van der Waals surface area contributed by atoms with E-state index in [2.05, 4.69) is 67.7 Å². The van der Waals surface area contributed by atoms with Crippen molar-refractivity contribution >= 4 is 16.6 Å². The van der Waals surface area contributed by atoms with Crippen LogP contribution in [0.4, 0.5) is 0 Å². The molecule has 0 aliphatic heterocycles. The summed E-state index contributed by atoms with van der Waals surface area (Å²) in [6.07, 6.45) is 0. The molecule has 2 nitrogen and oxygen atoms in total. The van der Waals surface area contributed by atoms with E-state index in [0.29, 0.717) is 0 Å². The minimum atomic E-state index is -1.64. The zero-order valence-corrected chi connectivity index (χ0v) is 15.5. The maximum Gasteiger partial charge on any atom is 0.187 e. The summed E-state index contributed by atoms with van der Waals surface area (Å²) in [6.45, 7) is 22.1. The van der Waals surface area contributed by atoms with Gasteiger partial charge in [-0.15, -0.1) is 0 Å². The molecule has 4 heteroatoms. The Morgan fingerprint density at radius 1 is 0.647 bits per heavy atom. The monoisotopic (exact) mass is 276 g/mol. The van der Waals surface area contributed by atoms with Crippen molar-refractivity contribution in [3.8, 4) is 0 Å². The maximum atomic E-state index is 6.27. The van der Waals surface area contributed by atoms with Gasteiger partial charge in [0.25, 0.3) is 0 Å². The molecule has 0 rings (SSSR count). The second-order valence-corrected chi connectivity index (χ2v) is 17.0. The lowest BCUT2D eigenvalue weighted by Crippen LogP contribution is -2.49. The quantitative estimate of drug-likeness (QED) is 0.701. The van der Waals surface area contributed by atoms with Gasteiger partial charge in [-0.25, -0.2) is 0 Å². The van der Waals surface area contributed by atoms with Crippen LogP contribution < -0.4 is 0 Å². The smallest absolute Gasteiger partial charge is 0.187 e. The fraction of sp³-hybridized carbons (Fsp3) is 1.00. The number of rotatable bonds is 4. The van der Waals surface area contributed by atoms with Gasteiger partial charge in [-0.1, -0.05) is 0 Å². The summed E-state index contributed by atoms with van der Waals surface area (Å²) in [5.74, 6) is 0. The molecule has 0 aliphatic rings. The summed E-state index contributed by atoms with van der Waals surface area (Å²) in [4.78, 5) is 0. The van der Waals surface area contributed by atoms with Crippen LogP contribution in [-0.2, 0) is 8.85 Å². The molecule has 0 bridgehead atoms. The second-order valence-electron chi connectivity index (χ2n) is 8.13. The van der Waals surface area contributed by atoms with Gasteiger partial charge in [0, 0.05) is 11.2 Å². The summed E-state index contributed by atoms with van der Waals surface area (Å²) in [6, 6.07) is 0. The molecule has 0 aromatic carbocycles. The molecule has 104 valence electrons. The summed E-state index contributed by atoms with van der Waals surface area (Å²) in [5.41, 5.74) is 1.07. The maximum absolute atomic E-state index is 6.27. The predicted molar refractivity (Wildman–Crippen MR) is 81.4 cm³/mol. The molecule has 0 radical (unpaired) electrons. The Morgan fingerprint density at radius 2 is 0.882 bits per heavy atom. The normalized spacial score (nSPS) is 15.2. The van der Waals surface area contributed by atoms with E-state index in [1.54, 1.807) is 0 Å². The first-order valence-electron chi connectivity index (χ1n) is 6.52. The summed E-state index contributed by atoms with van der Waals surface area (Å²) < 4.78 is 12.5. The Morgan fingerprint density at radius 3 is 1.06 bits per heavy atom. The third-order valence-electron chi connectivity index (χ3n) is 2.02. The topological polar surface area (TPSA) is 18.5 Å². The van der Waals surface area contributed by atoms with E-state index in [0.717, 1.165) is 5.67 Å². The van der Waals surface area contributed by atoms with Crippen molar-refractivity contribution in [1.82, 2.24) is 0 Å². The highest BCUT2D eigenvalue weighted by Gasteiger charge is 2.39. The largest absolute Gasteiger partial charge is 0.413 e. The Bertz CT molecular complexity index is 221.